The summed E-state index contributed by atoms with van der Waals surface area (Å²) in [4.78, 5) is 0. The zero-order chi connectivity index (χ0) is 11.6. The molecule has 2 rings (SSSR count). The molecule has 0 aromatic heterocycles. The minimum absolute atomic E-state index is 0.562. The first-order chi connectivity index (χ1) is 7.57. The molecule has 1 saturated carbocycles. The molecule has 2 nitrogen and oxygen atoms in total. The molecule has 2 N–H and O–H groups in total. The van der Waals surface area contributed by atoms with Crippen molar-refractivity contribution in [2.24, 2.45) is 11.3 Å². The molecule has 2 aliphatic rings. The van der Waals surface area contributed by atoms with Gasteiger partial charge in [-0.1, -0.05) is 27.2 Å². The number of hydrogen-bond acceptors (Lipinski definition) is 2. The van der Waals surface area contributed by atoms with Gasteiger partial charge in [0, 0.05) is 12.1 Å². The van der Waals surface area contributed by atoms with Crippen molar-refractivity contribution in [3.8, 4) is 0 Å². The maximum absolute atomic E-state index is 3.92. The van der Waals surface area contributed by atoms with E-state index in [1.165, 1.54) is 45.2 Å². The van der Waals surface area contributed by atoms with Crippen molar-refractivity contribution >= 4 is 0 Å². The highest BCUT2D eigenvalue weighted by molar-refractivity contribution is 4.88. The van der Waals surface area contributed by atoms with Gasteiger partial charge in [-0.2, -0.15) is 0 Å². The van der Waals surface area contributed by atoms with Gasteiger partial charge >= 0.3 is 0 Å². The van der Waals surface area contributed by atoms with Crippen LogP contribution in [-0.2, 0) is 0 Å². The molecule has 0 radical (unpaired) electrons. The molecule has 0 bridgehead atoms. The molecule has 1 saturated heterocycles. The lowest BCUT2D eigenvalue weighted by Gasteiger charge is -2.40. The number of piperidine rings is 1. The summed E-state index contributed by atoms with van der Waals surface area (Å²) in [5.41, 5.74) is 0.562. The van der Waals surface area contributed by atoms with Crippen LogP contribution in [0.15, 0.2) is 0 Å². The van der Waals surface area contributed by atoms with Crippen molar-refractivity contribution in [1.82, 2.24) is 10.6 Å². The number of nitrogens with one attached hydrogen (secondary N) is 2. The van der Waals surface area contributed by atoms with Crippen molar-refractivity contribution in [3.05, 3.63) is 0 Å². The first kappa shape index (κ1) is 12.4. The zero-order valence-corrected chi connectivity index (χ0v) is 11.2. The molecular weight excluding hydrogens is 196 g/mol. The molecular formula is C14H28N2. The van der Waals surface area contributed by atoms with E-state index in [9.17, 15) is 0 Å². The third-order valence-corrected chi connectivity index (χ3v) is 4.44. The summed E-state index contributed by atoms with van der Waals surface area (Å²) < 4.78 is 0. The Balaban J connectivity index is 1.84. The Morgan fingerprint density at radius 3 is 2.75 bits per heavy atom. The monoisotopic (exact) mass is 224 g/mol. The molecule has 1 aliphatic heterocycles. The summed E-state index contributed by atoms with van der Waals surface area (Å²) in [7, 11) is 0. The normalized spacial score (nSPS) is 39.6. The van der Waals surface area contributed by atoms with E-state index in [0.29, 0.717) is 5.41 Å². The van der Waals surface area contributed by atoms with Crippen LogP contribution in [0.3, 0.4) is 0 Å². The topological polar surface area (TPSA) is 24.1 Å². The minimum atomic E-state index is 0.562. The van der Waals surface area contributed by atoms with E-state index in [-0.39, 0.29) is 0 Å². The smallest absolute Gasteiger partial charge is 0.0119 e. The fourth-order valence-electron chi connectivity index (χ4n) is 3.40. The number of hydrogen-bond donors (Lipinski definition) is 2. The summed E-state index contributed by atoms with van der Waals surface area (Å²) >= 11 is 0. The molecule has 2 fully saturated rings. The summed E-state index contributed by atoms with van der Waals surface area (Å²) in [6.45, 7) is 9.60. The van der Waals surface area contributed by atoms with E-state index in [2.05, 4.69) is 31.4 Å². The van der Waals surface area contributed by atoms with Crippen molar-refractivity contribution in [1.29, 1.82) is 0 Å². The lowest BCUT2D eigenvalue weighted by molar-refractivity contribution is 0.168. The zero-order valence-electron chi connectivity index (χ0n) is 11.2. The average molecular weight is 224 g/mol. The molecule has 2 heteroatoms. The Morgan fingerprint density at radius 2 is 2.06 bits per heavy atom. The van der Waals surface area contributed by atoms with E-state index in [1.54, 1.807) is 0 Å². The second-order valence-corrected chi connectivity index (χ2v) is 6.70. The highest BCUT2D eigenvalue weighted by Crippen LogP contribution is 2.35. The Hall–Kier alpha value is -0.0800. The first-order valence-electron chi connectivity index (χ1n) is 7.04. The highest BCUT2D eigenvalue weighted by Gasteiger charge is 2.30. The van der Waals surface area contributed by atoms with Crippen LogP contribution in [0, 0.1) is 11.3 Å². The van der Waals surface area contributed by atoms with E-state index < -0.39 is 0 Å². The summed E-state index contributed by atoms with van der Waals surface area (Å²) in [6.07, 6.45) is 6.87. The van der Waals surface area contributed by atoms with Crippen molar-refractivity contribution in [3.63, 3.8) is 0 Å². The van der Waals surface area contributed by atoms with E-state index in [4.69, 9.17) is 0 Å². The van der Waals surface area contributed by atoms with Gasteiger partial charge in [0.1, 0.15) is 0 Å². The van der Waals surface area contributed by atoms with Crippen LogP contribution in [0.25, 0.3) is 0 Å². The molecule has 3 atom stereocenters. The molecule has 1 aliphatic carbocycles. The van der Waals surface area contributed by atoms with Crippen LogP contribution < -0.4 is 10.6 Å². The fraction of sp³-hybridized carbons (Fsp3) is 1.00. The Labute approximate surface area is 101 Å². The summed E-state index contributed by atoms with van der Waals surface area (Å²) in [6, 6.07) is 1.52. The highest BCUT2D eigenvalue weighted by atomic mass is 15.0. The molecule has 0 spiro atoms. The van der Waals surface area contributed by atoms with Crippen LogP contribution in [0.5, 0.6) is 0 Å². The van der Waals surface area contributed by atoms with Crippen LogP contribution >= 0.6 is 0 Å². The lowest BCUT2D eigenvalue weighted by atomic mass is 9.74. The van der Waals surface area contributed by atoms with Crippen LogP contribution in [0.4, 0.5) is 0 Å². The van der Waals surface area contributed by atoms with E-state index >= 15 is 0 Å². The van der Waals surface area contributed by atoms with Gasteiger partial charge in [0.15, 0.2) is 0 Å². The predicted molar refractivity (Wildman–Crippen MR) is 69.6 cm³/mol. The van der Waals surface area contributed by atoms with Gasteiger partial charge < -0.3 is 10.6 Å². The van der Waals surface area contributed by atoms with E-state index in [1.807, 2.05) is 0 Å². The van der Waals surface area contributed by atoms with Gasteiger partial charge in [-0.3, -0.25) is 0 Å². The van der Waals surface area contributed by atoms with Gasteiger partial charge in [-0.25, -0.2) is 0 Å². The maximum Gasteiger partial charge on any atom is 0.0119 e. The van der Waals surface area contributed by atoms with Gasteiger partial charge in [0.25, 0.3) is 0 Å². The average Bonchev–Trinajstić information content (AvgIpc) is 2.20. The van der Waals surface area contributed by atoms with Crippen LogP contribution in [0.2, 0.25) is 0 Å². The predicted octanol–water partition coefficient (Wildman–Crippen LogP) is 2.54. The van der Waals surface area contributed by atoms with E-state index in [0.717, 1.165) is 18.0 Å². The standard InChI is InChI=1S/C14H28N2/c1-11-10-15-8-6-13(11)16-12-5-4-7-14(2,3)9-12/h11-13,15-16H,4-10H2,1-3H3. The quantitative estimate of drug-likeness (QED) is 0.753. The summed E-state index contributed by atoms with van der Waals surface area (Å²) in [5, 5.41) is 7.40. The van der Waals surface area contributed by atoms with Gasteiger partial charge in [0.2, 0.25) is 0 Å². The summed E-state index contributed by atoms with van der Waals surface area (Å²) in [5.74, 6) is 0.791. The largest absolute Gasteiger partial charge is 0.316 e. The molecule has 0 aromatic rings. The van der Waals surface area contributed by atoms with Crippen molar-refractivity contribution in [2.75, 3.05) is 13.1 Å². The van der Waals surface area contributed by atoms with Gasteiger partial charge in [0.05, 0.1) is 0 Å². The Morgan fingerprint density at radius 1 is 1.25 bits per heavy atom. The first-order valence-corrected chi connectivity index (χ1v) is 7.04. The number of rotatable bonds is 2. The second kappa shape index (κ2) is 5.05. The minimum Gasteiger partial charge on any atom is -0.316 e. The SMILES string of the molecule is CC1CNCCC1NC1CCCC(C)(C)C1. The third-order valence-electron chi connectivity index (χ3n) is 4.44. The molecule has 1 heterocycles. The van der Waals surface area contributed by atoms with Crippen molar-refractivity contribution < 1.29 is 0 Å². The van der Waals surface area contributed by atoms with Crippen molar-refractivity contribution in [2.45, 2.75) is 65.0 Å². The second-order valence-electron chi connectivity index (χ2n) is 6.70. The van der Waals surface area contributed by atoms with Gasteiger partial charge in [-0.15, -0.1) is 0 Å². The van der Waals surface area contributed by atoms with Crippen LogP contribution in [0.1, 0.15) is 52.9 Å². The lowest BCUT2D eigenvalue weighted by Crippen LogP contribution is -2.51. The molecule has 0 amide bonds. The van der Waals surface area contributed by atoms with Gasteiger partial charge in [-0.05, 0) is 50.1 Å². The van der Waals surface area contributed by atoms with Crippen LogP contribution in [-0.4, -0.2) is 25.2 Å². The Kier molecular flexibility index (Phi) is 3.91. The Bertz CT molecular complexity index is 225. The maximum atomic E-state index is 3.92. The molecule has 3 unspecified atom stereocenters. The molecule has 16 heavy (non-hydrogen) atoms. The third kappa shape index (κ3) is 3.21. The fourth-order valence-corrected chi connectivity index (χ4v) is 3.40. The molecule has 94 valence electrons. The molecule has 0 aromatic carbocycles.